The molecule has 0 aliphatic heterocycles. The van der Waals surface area contributed by atoms with Crippen LogP contribution in [0.25, 0.3) is 0 Å². The van der Waals surface area contributed by atoms with E-state index in [0.29, 0.717) is 11.7 Å². The lowest BCUT2D eigenvalue weighted by Gasteiger charge is -2.10. The molecule has 2 aromatic rings. The van der Waals surface area contributed by atoms with Gasteiger partial charge in [-0.3, -0.25) is 4.79 Å². The van der Waals surface area contributed by atoms with E-state index < -0.39 is 0 Å². The van der Waals surface area contributed by atoms with Gasteiger partial charge in [0, 0.05) is 10.6 Å². The van der Waals surface area contributed by atoms with Crippen LogP contribution in [0.1, 0.15) is 31.7 Å². The topological polar surface area (TPSA) is 29.1 Å². The molecule has 0 saturated carbocycles. The summed E-state index contributed by atoms with van der Waals surface area (Å²) >= 11 is 1.55. The standard InChI is InChI=1S/C18H21NOS/c1-3-14(2)15-9-11-16(12-10-15)19-18(20)13-21-17-7-5-4-6-8-17/h4-12,14H,3,13H2,1-2H3,(H,19,20). The zero-order chi connectivity index (χ0) is 15.1. The minimum absolute atomic E-state index is 0.0279. The van der Waals surface area contributed by atoms with Gasteiger partial charge < -0.3 is 5.32 Å². The molecule has 1 amide bonds. The number of anilines is 1. The summed E-state index contributed by atoms with van der Waals surface area (Å²) in [6.07, 6.45) is 1.12. The number of carbonyl (C=O) groups excluding carboxylic acids is 1. The van der Waals surface area contributed by atoms with Crippen molar-refractivity contribution >= 4 is 23.4 Å². The highest BCUT2D eigenvalue weighted by Gasteiger charge is 2.05. The molecule has 0 spiro atoms. The van der Waals surface area contributed by atoms with Gasteiger partial charge in [0.25, 0.3) is 0 Å². The first-order valence-corrected chi connectivity index (χ1v) is 8.25. The number of hydrogen-bond donors (Lipinski definition) is 1. The van der Waals surface area contributed by atoms with Gasteiger partial charge in [-0.15, -0.1) is 11.8 Å². The van der Waals surface area contributed by atoms with Crippen LogP contribution in [0.2, 0.25) is 0 Å². The Balaban J connectivity index is 1.85. The van der Waals surface area contributed by atoms with E-state index in [9.17, 15) is 4.79 Å². The second-order valence-electron chi connectivity index (χ2n) is 5.08. The van der Waals surface area contributed by atoms with Crippen LogP contribution in [0.4, 0.5) is 5.69 Å². The van der Waals surface area contributed by atoms with Gasteiger partial charge in [-0.1, -0.05) is 44.2 Å². The quantitative estimate of drug-likeness (QED) is 0.766. The molecule has 21 heavy (non-hydrogen) atoms. The average Bonchev–Trinajstić information content (AvgIpc) is 2.54. The minimum atomic E-state index is 0.0279. The normalized spacial score (nSPS) is 11.9. The first-order chi connectivity index (χ1) is 10.2. The van der Waals surface area contributed by atoms with E-state index in [1.807, 2.05) is 42.5 Å². The molecule has 0 radical (unpaired) electrons. The molecule has 0 aromatic heterocycles. The van der Waals surface area contributed by atoms with Crippen LogP contribution in [-0.4, -0.2) is 11.7 Å². The van der Waals surface area contributed by atoms with Crippen molar-refractivity contribution in [2.24, 2.45) is 0 Å². The maximum Gasteiger partial charge on any atom is 0.234 e. The molecule has 2 rings (SSSR count). The van der Waals surface area contributed by atoms with Crippen LogP contribution in [0, 0.1) is 0 Å². The largest absolute Gasteiger partial charge is 0.325 e. The molecule has 1 N–H and O–H groups in total. The summed E-state index contributed by atoms with van der Waals surface area (Å²) in [5, 5.41) is 2.94. The molecule has 2 nitrogen and oxygen atoms in total. The van der Waals surface area contributed by atoms with Gasteiger partial charge >= 0.3 is 0 Å². The van der Waals surface area contributed by atoms with Crippen molar-refractivity contribution in [2.45, 2.75) is 31.1 Å². The van der Waals surface area contributed by atoms with Crippen LogP contribution in [0.15, 0.2) is 59.5 Å². The summed E-state index contributed by atoms with van der Waals surface area (Å²) in [6.45, 7) is 4.39. The molecule has 1 unspecified atom stereocenters. The van der Waals surface area contributed by atoms with Crippen LogP contribution in [-0.2, 0) is 4.79 Å². The Morgan fingerprint density at radius 1 is 1.10 bits per heavy atom. The van der Waals surface area contributed by atoms with Crippen LogP contribution in [0.5, 0.6) is 0 Å². The number of thioether (sulfide) groups is 1. The van der Waals surface area contributed by atoms with Crippen molar-refractivity contribution < 1.29 is 4.79 Å². The van der Waals surface area contributed by atoms with Gasteiger partial charge in [-0.05, 0) is 42.2 Å². The zero-order valence-corrected chi connectivity index (χ0v) is 13.3. The Morgan fingerprint density at radius 3 is 2.38 bits per heavy atom. The van der Waals surface area contributed by atoms with E-state index in [1.165, 1.54) is 5.56 Å². The number of carbonyl (C=O) groups is 1. The molecule has 0 heterocycles. The van der Waals surface area contributed by atoms with Gasteiger partial charge in [0.05, 0.1) is 5.75 Å². The maximum atomic E-state index is 11.9. The summed E-state index contributed by atoms with van der Waals surface area (Å²) in [5.74, 6) is 1.01. The summed E-state index contributed by atoms with van der Waals surface area (Å²) in [5.41, 5.74) is 2.18. The van der Waals surface area contributed by atoms with Crippen molar-refractivity contribution in [1.29, 1.82) is 0 Å². The predicted molar refractivity (Wildman–Crippen MR) is 90.9 cm³/mol. The van der Waals surface area contributed by atoms with E-state index >= 15 is 0 Å². The van der Waals surface area contributed by atoms with Crippen LogP contribution in [0.3, 0.4) is 0 Å². The fourth-order valence-electron chi connectivity index (χ4n) is 1.99. The second kappa shape index (κ2) is 7.89. The summed E-state index contributed by atoms with van der Waals surface area (Å²) in [6, 6.07) is 18.1. The number of rotatable bonds is 6. The fourth-order valence-corrected chi connectivity index (χ4v) is 2.71. The summed E-state index contributed by atoms with van der Waals surface area (Å²) < 4.78 is 0. The summed E-state index contributed by atoms with van der Waals surface area (Å²) in [7, 11) is 0. The van der Waals surface area contributed by atoms with E-state index in [1.54, 1.807) is 11.8 Å². The van der Waals surface area contributed by atoms with Crippen molar-refractivity contribution in [1.82, 2.24) is 0 Å². The highest BCUT2D eigenvalue weighted by atomic mass is 32.2. The third-order valence-electron chi connectivity index (χ3n) is 3.49. The number of nitrogens with one attached hydrogen (secondary N) is 1. The Labute approximate surface area is 131 Å². The fraction of sp³-hybridized carbons (Fsp3) is 0.278. The summed E-state index contributed by atoms with van der Waals surface area (Å²) in [4.78, 5) is 13.0. The lowest BCUT2D eigenvalue weighted by molar-refractivity contribution is -0.113. The van der Waals surface area contributed by atoms with E-state index in [2.05, 4.69) is 31.3 Å². The first-order valence-electron chi connectivity index (χ1n) is 7.26. The Bertz CT molecular complexity index is 566. The van der Waals surface area contributed by atoms with Gasteiger partial charge in [-0.2, -0.15) is 0 Å². The Morgan fingerprint density at radius 2 is 1.76 bits per heavy atom. The van der Waals surface area contributed by atoms with Crippen molar-refractivity contribution in [3.63, 3.8) is 0 Å². The minimum Gasteiger partial charge on any atom is -0.325 e. The van der Waals surface area contributed by atoms with Crippen LogP contribution >= 0.6 is 11.8 Å². The zero-order valence-electron chi connectivity index (χ0n) is 12.5. The maximum absolute atomic E-state index is 11.9. The SMILES string of the molecule is CCC(C)c1ccc(NC(=O)CSc2ccccc2)cc1. The third-order valence-corrected chi connectivity index (χ3v) is 4.50. The Hall–Kier alpha value is -1.74. The van der Waals surface area contributed by atoms with Gasteiger partial charge in [0.1, 0.15) is 0 Å². The molecule has 0 aliphatic carbocycles. The third kappa shape index (κ3) is 4.94. The molecular formula is C18H21NOS. The smallest absolute Gasteiger partial charge is 0.234 e. The van der Waals surface area contributed by atoms with Crippen molar-refractivity contribution in [2.75, 3.05) is 11.1 Å². The second-order valence-corrected chi connectivity index (χ2v) is 6.13. The molecule has 0 fully saturated rings. The lowest BCUT2D eigenvalue weighted by atomic mass is 9.99. The molecule has 110 valence electrons. The molecule has 0 saturated heterocycles. The number of hydrogen-bond acceptors (Lipinski definition) is 2. The van der Waals surface area contributed by atoms with Gasteiger partial charge in [0.15, 0.2) is 0 Å². The lowest BCUT2D eigenvalue weighted by Crippen LogP contribution is -2.13. The van der Waals surface area contributed by atoms with Gasteiger partial charge in [-0.25, -0.2) is 0 Å². The highest BCUT2D eigenvalue weighted by Crippen LogP contribution is 2.21. The number of benzene rings is 2. The van der Waals surface area contributed by atoms with Gasteiger partial charge in [0.2, 0.25) is 5.91 Å². The highest BCUT2D eigenvalue weighted by molar-refractivity contribution is 8.00. The Kier molecular flexibility index (Phi) is 5.88. The van der Waals surface area contributed by atoms with Crippen molar-refractivity contribution in [3.8, 4) is 0 Å². The molecule has 0 aliphatic rings. The average molecular weight is 299 g/mol. The van der Waals surface area contributed by atoms with E-state index in [4.69, 9.17) is 0 Å². The first kappa shape index (κ1) is 15.6. The van der Waals surface area contributed by atoms with E-state index in [-0.39, 0.29) is 5.91 Å². The number of amides is 1. The molecule has 2 aromatic carbocycles. The van der Waals surface area contributed by atoms with E-state index in [0.717, 1.165) is 17.0 Å². The molecular weight excluding hydrogens is 278 g/mol. The molecule has 3 heteroatoms. The molecule has 0 bridgehead atoms. The molecule has 1 atom stereocenters. The van der Waals surface area contributed by atoms with Crippen molar-refractivity contribution in [3.05, 3.63) is 60.2 Å². The van der Waals surface area contributed by atoms with Crippen LogP contribution < -0.4 is 5.32 Å². The monoisotopic (exact) mass is 299 g/mol. The predicted octanol–water partition coefficient (Wildman–Crippen LogP) is 4.93.